The minimum Gasteiger partial charge on any atom is -0.306 e. The van der Waals surface area contributed by atoms with E-state index in [-0.39, 0.29) is 0 Å². The first-order valence-electron chi connectivity index (χ1n) is 15.4. The van der Waals surface area contributed by atoms with Crippen molar-refractivity contribution in [3.63, 3.8) is 0 Å². The van der Waals surface area contributed by atoms with Crippen LogP contribution < -0.4 is 4.90 Å². The fraction of sp³-hybridized carbons (Fsp3) is 0. The molecule has 0 fully saturated rings. The normalized spacial score (nSPS) is 11.9. The zero-order valence-corrected chi connectivity index (χ0v) is 26.2. The van der Waals surface area contributed by atoms with Crippen LogP contribution in [0.5, 0.6) is 0 Å². The molecule has 3 nitrogen and oxygen atoms in total. The summed E-state index contributed by atoms with van der Waals surface area (Å²) in [5.41, 5.74) is 7.45. The third kappa shape index (κ3) is 3.86. The molecule has 0 saturated carbocycles. The first kappa shape index (κ1) is 25.8. The van der Waals surface area contributed by atoms with E-state index in [2.05, 4.69) is 161 Å². The van der Waals surface area contributed by atoms with Crippen LogP contribution in [0.4, 0.5) is 17.1 Å². The Bertz CT molecular complexity index is 2660. The number of thiophene rings is 2. The molecule has 4 aromatic heterocycles. The topological polar surface area (TPSA) is 20.5 Å². The average molecular weight is 624 g/mol. The lowest BCUT2D eigenvalue weighted by Gasteiger charge is -2.26. The van der Waals surface area contributed by atoms with E-state index in [0.29, 0.717) is 0 Å². The maximum atomic E-state index is 5.37. The highest BCUT2D eigenvalue weighted by molar-refractivity contribution is 7.26. The van der Waals surface area contributed by atoms with Crippen LogP contribution in [0.15, 0.2) is 152 Å². The van der Waals surface area contributed by atoms with E-state index in [1.807, 2.05) is 22.7 Å². The van der Waals surface area contributed by atoms with E-state index in [4.69, 9.17) is 5.10 Å². The standard InChI is InChI=1S/C41H25N3S2/c1-2-11-27(12-3-1)40-41(35-21-18-26-10-4-7-15-34(26)44(35)42-40)43(28-19-22-38-32(24-28)30-13-5-8-16-36(30)45-38)29-20-23-39-33(25-29)31-14-6-9-17-37(31)46-39/h1-25H. The molecule has 216 valence electrons. The molecule has 0 atom stereocenters. The van der Waals surface area contributed by atoms with Gasteiger partial charge >= 0.3 is 0 Å². The Balaban J connectivity index is 1.33. The van der Waals surface area contributed by atoms with Gasteiger partial charge in [0, 0.05) is 62.7 Å². The van der Waals surface area contributed by atoms with Gasteiger partial charge in [0.25, 0.3) is 0 Å². The molecular weight excluding hydrogens is 599 g/mol. The maximum absolute atomic E-state index is 5.37. The Hall–Kier alpha value is -5.49. The quantitative estimate of drug-likeness (QED) is 0.194. The van der Waals surface area contributed by atoms with Crippen molar-refractivity contribution >= 4 is 96.5 Å². The number of anilines is 3. The Morgan fingerprint density at radius 1 is 0.457 bits per heavy atom. The fourth-order valence-electron chi connectivity index (χ4n) is 6.87. The molecule has 0 spiro atoms. The number of aromatic nitrogens is 2. The van der Waals surface area contributed by atoms with Crippen molar-refractivity contribution in [1.82, 2.24) is 9.61 Å². The average Bonchev–Trinajstić information content (AvgIpc) is 3.80. The second kappa shape index (κ2) is 10.0. The number of fused-ring (bicyclic) bond motifs is 9. The minimum atomic E-state index is 0.947. The molecule has 0 unspecified atom stereocenters. The van der Waals surface area contributed by atoms with E-state index in [1.54, 1.807) is 0 Å². The summed E-state index contributed by atoms with van der Waals surface area (Å²) in [6.07, 6.45) is 0. The van der Waals surface area contributed by atoms with Gasteiger partial charge in [-0.1, -0.05) is 91.0 Å². The van der Waals surface area contributed by atoms with Crippen molar-refractivity contribution in [2.24, 2.45) is 0 Å². The van der Waals surface area contributed by atoms with Gasteiger partial charge in [0.2, 0.25) is 0 Å². The van der Waals surface area contributed by atoms with Crippen LogP contribution in [0.2, 0.25) is 0 Å². The molecule has 0 radical (unpaired) electrons. The second-order valence-corrected chi connectivity index (χ2v) is 13.8. The van der Waals surface area contributed by atoms with Gasteiger partial charge < -0.3 is 4.90 Å². The van der Waals surface area contributed by atoms with Gasteiger partial charge in [-0.3, -0.25) is 0 Å². The number of hydrogen-bond acceptors (Lipinski definition) is 4. The Kier molecular flexibility index (Phi) is 5.61. The van der Waals surface area contributed by atoms with E-state index in [1.165, 1.54) is 40.3 Å². The summed E-state index contributed by atoms with van der Waals surface area (Å²) in [6.45, 7) is 0. The summed E-state index contributed by atoms with van der Waals surface area (Å²) in [5, 5.41) is 11.6. The van der Waals surface area contributed by atoms with Crippen molar-refractivity contribution in [2.45, 2.75) is 0 Å². The Morgan fingerprint density at radius 2 is 1.02 bits per heavy atom. The van der Waals surface area contributed by atoms with Crippen molar-refractivity contribution < 1.29 is 0 Å². The van der Waals surface area contributed by atoms with Gasteiger partial charge in [0.05, 0.1) is 11.0 Å². The van der Waals surface area contributed by atoms with Crippen molar-refractivity contribution in [2.75, 3.05) is 4.90 Å². The van der Waals surface area contributed by atoms with Crippen molar-refractivity contribution in [3.8, 4) is 11.3 Å². The SMILES string of the molecule is c1ccc(-c2nn3c(ccc4ccccc43)c2N(c2ccc3sc4ccccc4c3c2)c2ccc3sc4ccccc4c3c2)cc1. The molecule has 10 aromatic rings. The molecule has 0 bridgehead atoms. The number of pyridine rings is 1. The molecule has 0 aliphatic rings. The zero-order chi connectivity index (χ0) is 30.2. The lowest BCUT2D eigenvalue weighted by atomic mass is 10.1. The van der Waals surface area contributed by atoms with E-state index >= 15 is 0 Å². The molecule has 0 N–H and O–H groups in total. The van der Waals surface area contributed by atoms with Gasteiger partial charge in [-0.05, 0) is 60.7 Å². The van der Waals surface area contributed by atoms with Gasteiger partial charge in [-0.2, -0.15) is 5.10 Å². The Labute approximate surface area is 272 Å². The molecule has 0 amide bonds. The predicted octanol–water partition coefficient (Wildman–Crippen LogP) is 12.4. The number of nitrogens with zero attached hydrogens (tertiary/aromatic N) is 3. The summed E-state index contributed by atoms with van der Waals surface area (Å²) >= 11 is 3.70. The van der Waals surface area contributed by atoms with E-state index in [0.717, 1.165) is 44.7 Å². The van der Waals surface area contributed by atoms with E-state index < -0.39 is 0 Å². The molecule has 46 heavy (non-hydrogen) atoms. The lowest BCUT2D eigenvalue weighted by Crippen LogP contribution is -2.11. The largest absolute Gasteiger partial charge is 0.306 e. The monoisotopic (exact) mass is 623 g/mol. The zero-order valence-electron chi connectivity index (χ0n) is 24.6. The number of benzene rings is 6. The molecule has 0 saturated heterocycles. The fourth-order valence-corrected chi connectivity index (χ4v) is 9.04. The highest BCUT2D eigenvalue weighted by atomic mass is 32.1. The van der Waals surface area contributed by atoms with E-state index in [9.17, 15) is 0 Å². The van der Waals surface area contributed by atoms with Gasteiger partial charge in [-0.15, -0.1) is 22.7 Å². The minimum absolute atomic E-state index is 0.947. The molecule has 0 aliphatic carbocycles. The molecule has 0 aliphatic heterocycles. The van der Waals surface area contributed by atoms with Gasteiger partial charge in [0.1, 0.15) is 11.4 Å². The van der Waals surface area contributed by atoms with Crippen molar-refractivity contribution in [1.29, 1.82) is 0 Å². The van der Waals surface area contributed by atoms with Crippen LogP contribution >= 0.6 is 22.7 Å². The molecule has 10 rings (SSSR count). The number of para-hydroxylation sites is 1. The third-order valence-corrected chi connectivity index (χ3v) is 11.3. The highest BCUT2D eigenvalue weighted by Gasteiger charge is 2.25. The first-order chi connectivity index (χ1) is 22.8. The summed E-state index contributed by atoms with van der Waals surface area (Å²) in [7, 11) is 0. The summed E-state index contributed by atoms with van der Waals surface area (Å²) in [6, 6.07) is 54.8. The maximum Gasteiger partial charge on any atom is 0.117 e. The predicted molar refractivity (Wildman–Crippen MR) is 199 cm³/mol. The Morgan fingerprint density at radius 3 is 1.70 bits per heavy atom. The van der Waals surface area contributed by atoms with Crippen LogP contribution in [0, 0.1) is 0 Å². The van der Waals surface area contributed by atoms with Crippen LogP contribution in [0.3, 0.4) is 0 Å². The van der Waals surface area contributed by atoms with Crippen LogP contribution in [-0.2, 0) is 0 Å². The number of hydrogen-bond donors (Lipinski definition) is 0. The summed E-state index contributed by atoms with van der Waals surface area (Å²) in [5.74, 6) is 0. The lowest BCUT2D eigenvalue weighted by molar-refractivity contribution is 1.01. The summed E-state index contributed by atoms with van der Waals surface area (Å²) in [4.78, 5) is 2.43. The first-order valence-corrected chi connectivity index (χ1v) is 17.0. The van der Waals surface area contributed by atoms with Crippen molar-refractivity contribution in [3.05, 3.63) is 152 Å². The third-order valence-electron chi connectivity index (χ3n) is 8.99. The number of rotatable bonds is 4. The van der Waals surface area contributed by atoms with Crippen LogP contribution in [0.25, 0.3) is 68.0 Å². The second-order valence-electron chi connectivity index (χ2n) is 11.6. The summed E-state index contributed by atoms with van der Waals surface area (Å²) < 4.78 is 7.31. The van der Waals surface area contributed by atoms with Gasteiger partial charge in [-0.25, -0.2) is 4.52 Å². The molecular formula is C41H25N3S2. The molecule has 6 aromatic carbocycles. The smallest absolute Gasteiger partial charge is 0.117 e. The molecule has 5 heteroatoms. The van der Waals surface area contributed by atoms with Crippen LogP contribution in [-0.4, -0.2) is 9.61 Å². The van der Waals surface area contributed by atoms with Gasteiger partial charge in [0.15, 0.2) is 0 Å². The van der Waals surface area contributed by atoms with Crippen LogP contribution in [0.1, 0.15) is 0 Å². The molecule has 4 heterocycles. The highest BCUT2D eigenvalue weighted by Crippen LogP contribution is 2.47.